The van der Waals surface area contributed by atoms with Crippen molar-refractivity contribution in [3.05, 3.63) is 63.4 Å². The molecule has 0 spiro atoms. The van der Waals surface area contributed by atoms with Crippen LogP contribution in [0.15, 0.2) is 41.3 Å². The maximum absolute atomic E-state index is 13.1. The summed E-state index contributed by atoms with van der Waals surface area (Å²) >= 11 is 0. The number of phenolic OH excluding ortho intramolecular Hbond substituents is 1. The minimum Gasteiger partial charge on any atom is -0.508 e. The van der Waals surface area contributed by atoms with Gasteiger partial charge >= 0.3 is 0 Å². The predicted molar refractivity (Wildman–Crippen MR) is 125 cm³/mol. The summed E-state index contributed by atoms with van der Waals surface area (Å²) in [6.07, 6.45) is 1.41. The Morgan fingerprint density at radius 3 is 2.23 bits per heavy atom. The van der Waals surface area contributed by atoms with Crippen molar-refractivity contribution < 1.29 is 14.6 Å². The number of pyridine rings is 1. The van der Waals surface area contributed by atoms with E-state index in [1.54, 1.807) is 24.3 Å². The molecule has 0 aliphatic carbocycles. The van der Waals surface area contributed by atoms with Crippen molar-refractivity contribution in [2.45, 2.75) is 52.4 Å². The van der Waals surface area contributed by atoms with E-state index in [0.717, 1.165) is 11.1 Å². The number of carbonyl (C=O) groups excluding carboxylic acids is 1. The fourth-order valence-corrected chi connectivity index (χ4v) is 3.60. The SMILES string of the molecule is COc1ccc2[nH]cc(C(=O)Nc3cc(O)c(C(C)(C)C)cc3C(C)(C)C)c(=O)c2c1. The Kier molecular flexibility index (Phi) is 5.61. The second-order valence-electron chi connectivity index (χ2n) is 9.81. The van der Waals surface area contributed by atoms with Gasteiger partial charge in [-0.1, -0.05) is 41.5 Å². The Bertz CT molecular complexity index is 1210. The van der Waals surface area contributed by atoms with Crippen LogP contribution in [-0.2, 0) is 10.8 Å². The van der Waals surface area contributed by atoms with Crippen molar-refractivity contribution in [1.82, 2.24) is 4.98 Å². The van der Waals surface area contributed by atoms with Crippen LogP contribution in [-0.4, -0.2) is 23.1 Å². The average Bonchev–Trinajstić information content (AvgIpc) is 2.66. The molecule has 0 atom stereocenters. The van der Waals surface area contributed by atoms with Crippen LogP contribution in [0.25, 0.3) is 10.9 Å². The molecule has 1 amide bonds. The van der Waals surface area contributed by atoms with Crippen molar-refractivity contribution in [3.8, 4) is 11.5 Å². The van der Waals surface area contributed by atoms with E-state index in [2.05, 4.69) is 10.3 Å². The number of anilines is 1. The summed E-state index contributed by atoms with van der Waals surface area (Å²) in [4.78, 5) is 29.0. The van der Waals surface area contributed by atoms with Gasteiger partial charge in [-0.3, -0.25) is 9.59 Å². The lowest BCUT2D eigenvalue weighted by atomic mass is 9.79. The van der Waals surface area contributed by atoms with Gasteiger partial charge in [0.05, 0.1) is 7.11 Å². The van der Waals surface area contributed by atoms with E-state index >= 15 is 0 Å². The number of fused-ring (bicyclic) bond motifs is 1. The maximum atomic E-state index is 13.1. The highest BCUT2D eigenvalue weighted by molar-refractivity contribution is 6.06. The summed E-state index contributed by atoms with van der Waals surface area (Å²) < 4.78 is 5.20. The van der Waals surface area contributed by atoms with Crippen LogP contribution in [0.1, 0.15) is 63.0 Å². The number of methoxy groups -OCH3 is 1. The highest BCUT2D eigenvalue weighted by atomic mass is 16.5. The van der Waals surface area contributed by atoms with Crippen LogP contribution in [0, 0.1) is 0 Å². The maximum Gasteiger partial charge on any atom is 0.261 e. The largest absolute Gasteiger partial charge is 0.508 e. The van der Waals surface area contributed by atoms with E-state index in [-0.39, 0.29) is 22.1 Å². The van der Waals surface area contributed by atoms with Crippen LogP contribution in [0.5, 0.6) is 11.5 Å². The van der Waals surface area contributed by atoms with E-state index in [1.807, 2.05) is 47.6 Å². The average molecular weight is 423 g/mol. The molecule has 31 heavy (non-hydrogen) atoms. The summed E-state index contributed by atoms with van der Waals surface area (Å²) in [6, 6.07) is 8.58. The Balaban J connectivity index is 2.08. The molecule has 0 unspecified atom stereocenters. The fourth-order valence-electron chi connectivity index (χ4n) is 3.60. The number of aromatic hydroxyl groups is 1. The molecule has 164 valence electrons. The summed E-state index contributed by atoms with van der Waals surface area (Å²) in [6.45, 7) is 12.2. The van der Waals surface area contributed by atoms with Crippen molar-refractivity contribution >= 4 is 22.5 Å². The first-order valence-electron chi connectivity index (χ1n) is 10.2. The molecule has 0 fully saturated rings. The van der Waals surface area contributed by atoms with Gasteiger partial charge in [0.1, 0.15) is 17.1 Å². The molecule has 6 nitrogen and oxygen atoms in total. The molecule has 1 aromatic heterocycles. The van der Waals surface area contributed by atoms with E-state index in [1.165, 1.54) is 13.3 Å². The third-order valence-corrected chi connectivity index (χ3v) is 5.33. The van der Waals surface area contributed by atoms with Crippen LogP contribution in [0.2, 0.25) is 0 Å². The van der Waals surface area contributed by atoms with Gasteiger partial charge in [0.15, 0.2) is 0 Å². The number of aromatic nitrogens is 1. The Hall–Kier alpha value is -3.28. The number of ether oxygens (including phenoxy) is 1. The lowest BCUT2D eigenvalue weighted by molar-refractivity contribution is 0.102. The Morgan fingerprint density at radius 2 is 1.65 bits per heavy atom. The van der Waals surface area contributed by atoms with Crippen LogP contribution in [0.4, 0.5) is 5.69 Å². The van der Waals surface area contributed by atoms with Gasteiger partial charge in [-0.2, -0.15) is 0 Å². The third-order valence-electron chi connectivity index (χ3n) is 5.33. The number of hydrogen-bond donors (Lipinski definition) is 3. The molecule has 0 bridgehead atoms. The first kappa shape index (κ1) is 22.4. The normalized spacial score (nSPS) is 12.1. The van der Waals surface area contributed by atoms with E-state index in [0.29, 0.717) is 22.3 Å². The van der Waals surface area contributed by atoms with Gasteiger partial charge in [-0.15, -0.1) is 0 Å². The van der Waals surface area contributed by atoms with Gasteiger partial charge in [0.2, 0.25) is 5.43 Å². The first-order valence-corrected chi connectivity index (χ1v) is 10.2. The predicted octanol–water partition coefficient (Wildman–Crippen LogP) is 5.09. The van der Waals surface area contributed by atoms with Crippen LogP contribution in [0.3, 0.4) is 0 Å². The number of carbonyl (C=O) groups is 1. The van der Waals surface area contributed by atoms with Crippen molar-refractivity contribution in [1.29, 1.82) is 0 Å². The number of benzene rings is 2. The number of aromatic amines is 1. The van der Waals surface area contributed by atoms with Gasteiger partial charge in [0, 0.05) is 28.9 Å². The number of H-pyrrole nitrogens is 1. The zero-order valence-corrected chi connectivity index (χ0v) is 19.1. The lowest BCUT2D eigenvalue weighted by Crippen LogP contribution is -2.25. The van der Waals surface area contributed by atoms with Gasteiger partial charge in [-0.25, -0.2) is 0 Å². The topological polar surface area (TPSA) is 91.4 Å². The molecule has 2 aromatic carbocycles. The quantitative estimate of drug-likeness (QED) is 0.548. The second kappa shape index (κ2) is 7.76. The molecule has 0 aliphatic heterocycles. The summed E-state index contributed by atoms with van der Waals surface area (Å²) in [5.41, 5.74) is 1.81. The number of hydrogen-bond acceptors (Lipinski definition) is 4. The molecule has 3 rings (SSSR count). The molecule has 1 heterocycles. The molecule has 3 N–H and O–H groups in total. The summed E-state index contributed by atoms with van der Waals surface area (Å²) in [5, 5.41) is 13.8. The molecule has 0 aliphatic rings. The van der Waals surface area contributed by atoms with Crippen molar-refractivity contribution in [3.63, 3.8) is 0 Å². The summed E-state index contributed by atoms with van der Waals surface area (Å²) in [7, 11) is 1.52. The zero-order chi connectivity index (χ0) is 23.1. The standard InChI is InChI=1S/C25H30N2O4/c1-24(2,3)17-11-18(25(4,5)6)21(28)12-20(17)27-23(30)16-13-26-19-9-8-14(31-7)10-15(19)22(16)29/h8-13,28H,1-7H3,(H,26,29)(H,27,30). The first-order chi connectivity index (χ1) is 14.3. The Labute approximate surface area is 182 Å². The highest BCUT2D eigenvalue weighted by Crippen LogP contribution is 2.39. The lowest BCUT2D eigenvalue weighted by Gasteiger charge is -2.28. The van der Waals surface area contributed by atoms with E-state index < -0.39 is 11.3 Å². The van der Waals surface area contributed by atoms with Crippen LogP contribution >= 0.6 is 0 Å². The van der Waals surface area contributed by atoms with Crippen molar-refractivity contribution in [2.75, 3.05) is 12.4 Å². The fraction of sp³-hybridized carbons (Fsp3) is 0.360. The van der Waals surface area contributed by atoms with Crippen LogP contribution < -0.4 is 15.5 Å². The monoisotopic (exact) mass is 422 g/mol. The number of nitrogens with one attached hydrogen (secondary N) is 2. The highest BCUT2D eigenvalue weighted by Gasteiger charge is 2.26. The number of phenols is 1. The van der Waals surface area contributed by atoms with Gasteiger partial charge < -0.3 is 20.1 Å². The molecule has 0 saturated heterocycles. The molecule has 3 aromatic rings. The van der Waals surface area contributed by atoms with Crippen molar-refractivity contribution in [2.24, 2.45) is 0 Å². The smallest absolute Gasteiger partial charge is 0.261 e. The van der Waals surface area contributed by atoms with E-state index in [9.17, 15) is 14.7 Å². The molecular formula is C25H30N2O4. The zero-order valence-electron chi connectivity index (χ0n) is 19.1. The van der Waals surface area contributed by atoms with Gasteiger partial charge in [0.25, 0.3) is 5.91 Å². The third kappa shape index (κ3) is 4.43. The molecule has 0 saturated carbocycles. The van der Waals surface area contributed by atoms with Gasteiger partial charge in [-0.05, 0) is 46.2 Å². The number of amides is 1. The Morgan fingerprint density at radius 1 is 1.00 bits per heavy atom. The molecule has 6 heteroatoms. The molecular weight excluding hydrogens is 392 g/mol. The minimum atomic E-state index is -0.542. The van der Waals surface area contributed by atoms with E-state index in [4.69, 9.17) is 4.74 Å². The summed E-state index contributed by atoms with van der Waals surface area (Å²) in [5.74, 6) is 0.0978. The number of rotatable bonds is 3. The second-order valence-corrected chi connectivity index (χ2v) is 9.81. The minimum absolute atomic E-state index is 0.0139. The molecule has 0 radical (unpaired) electrons.